The molecule has 2 heterocycles. The third-order valence-electron chi connectivity index (χ3n) is 4.57. The summed E-state index contributed by atoms with van der Waals surface area (Å²) in [6.07, 6.45) is 5.41. The molecule has 2 aliphatic rings. The zero-order valence-electron chi connectivity index (χ0n) is 12.9. The van der Waals surface area contributed by atoms with Gasteiger partial charge in [-0.1, -0.05) is 18.6 Å². The molecule has 0 aliphatic carbocycles. The van der Waals surface area contributed by atoms with Crippen LogP contribution in [0.2, 0.25) is 0 Å². The van der Waals surface area contributed by atoms with Crippen molar-refractivity contribution in [1.82, 2.24) is 10.2 Å². The second-order valence-corrected chi connectivity index (χ2v) is 7.04. The maximum atomic E-state index is 12.6. The molecular formula is C17H22N2O2S. The SMILES string of the molecule is CSc1ccc(CC(=O)N2C[C@@H]3CCC[C@H](C2)C(=O)N3)cc1. The van der Waals surface area contributed by atoms with E-state index in [1.807, 2.05) is 23.3 Å². The minimum atomic E-state index is -0.0321. The van der Waals surface area contributed by atoms with E-state index >= 15 is 0 Å². The highest BCUT2D eigenvalue weighted by atomic mass is 32.2. The van der Waals surface area contributed by atoms with E-state index in [0.29, 0.717) is 19.5 Å². The Morgan fingerprint density at radius 1 is 1.27 bits per heavy atom. The van der Waals surface area contributed by atoms with Gasteiger partial charge in [0.25, 0.3) is 0 Å². The number of nitrogens with one attached hydrogen (secondary N) is 1. The van der Waals surface area contributed by atoms with Gasteiger partial charge in [0.15, 0.2) is 0 Å². The number of nitrogens with zero attached hydrogens (tertiary/aromatic N) is 1. The van der Waals surface area contributed by atoms with Crippen LogP contribution in [0.4, 0.5) is 0 Å². The molecule has 1 N–H and O–H groups in total. The zero-order valence-corrected chi connectivity index (χ0v) is 13.7. The number of amides is 2. The van der Waals surface area contributed by atoms with Crippen LogP contribution in [-0.4, -0.2) is 42.1 Å². The van der Waals surface area contributed by atoms with Crippen LogP contribution < -0.4 is 5.32 Å². The fraction of sp³-hybridized carbons (Fsp3) is 0.529. The van der Waals surface area contributed by atoms with Gasteiger partial charge in [0, 0.05) is 24.0 Å². The van der Waals surface area contributed by atoms with Crippen molar-refractivity contribution in [2.24, 2.45) is 5.92 Å². The Hall–Kier alpha value is -1.49. The van der Waals surface area contributed by atoms with E-state index < -0.39 is 0 Å². The Kier molecular flexibility index (Phi) is 4.71. The van der Waals surface area contributed by atoms with Gasteiger partial charge < -0.3 is 10.2 Å². The standard InChI is InChI=1S/C17H22N2O2S/c1-22-15-7-5-12(6-8-15)9-16(20)19-10-13-3-2-4-14(11-19)18-17(13)21/h5-8,13-14H,2-4,9-11H2,1H3,(H,18,21)/t13-,14+/m1/s1. The summed E-state index contributed by atoms with van der Waals surface area (Å²) in [5.74, 6) is 0.225. The predicted molar refractivity (Wildman–Crippen MR) is 87.8 cm³/mol. The first-order valence-electron chi connectivity index (χ1n) is 7.87. The first-order valence-corrected chi connectivity index (χ1v) is 9.09. The molecule has 1 aromatic rings. The number of likely N-dealkylation sites (tertiary alicyclic amines) is 1. The van der Waals surface area contributed by atoms with Crippen molar-refractivity contribution in [2.45, 2.75) is 36.6 Å². The highest BCUT2D eigenvalue weighted by Gasteiger charge is 2.34. The van der Waals surface area contributed by atoms with E-state index in [0.717, 1.165) is 24.8 Å². The molecule has 0 saturated carbocycles. The number of carbonyl (C=O) groups is 2. The Morgan fingerprint density at radius 2 is 2.05 bits per heavy atom. The Bertz CT molecular complexity index is 558. The molecule has 2 amide bonds. The monoisotopic (exact) mass is 318 g/mol. The average molecular weight is 318 g/mol. The number of carbonyl (C=O) groups excluding carboxylic acids is 2. The van der Waals surface area contributed by atoms with Crippen LogP contribution in [0.1, 0.15) is 24.8 Å². The number of thioether (sulfide) groups is 1. The van der Waals surface area contributed by atoms with Crippen LogP contribution in [0, 0.1) is 5.92 Å². The lowest BCUT2D eigenvalue weighted by atomic mass is 9.99. The summed E-state index contributed by atoms with van der Waals surface area (Å²) >= 11 is 1.70. The molecule has 118 valence electrons. The summed E-state index contributed by atoms with van der Waals surface area (Å²) < 4.78 is 0. The molecule has 2 saturated heterocycles. The van der Waals surface area contributed by atoms with Crippen LogP contribution in [0.5, 0.6) is 0 Å². The molecule has 0 unspecified atom stereocenters. The normalized spacial score (nSPS) is 24.6. The minimum absolute atomic E-state index is 0.0321. The number of rotatable bonds is 3. The van der Waals surface area contributed by atoms with Crippen molar-refractivity contribution in [3.8, 4) is 0 Å². The van der Waals surface area contributed by atoms with E-state index in [1.54, 1.807) is 11.8 Å². The molecule has 2 fully saturated rings. The molecule has 22 heavy (non-hydrogen) atoms. The van der Waals surface area contributed by atoms with Gasteiger partial charge in [-0.2, -0.15) is 0 Å². The van der Waals surface area contributed by atoms with Crippen LogP contribution >= 0.6 is 11.8 Å². The molecule has 1 aromatic carbocycles. The van der Waals surface area contributed by atoms with Gasteiger partial charge in [0.05, 0.1) is 12.3 Å². The Labute approximate surface area is 135 Å². The van der Waals surface area contributed by atoms with E-state index in [9.17, 15) is 9.59 Å². The van der Waals surface area contributed by atoms with Crippen LogP contribution in [0.3, 0.4) is 0 Å². The van der Waals surface area contributed by atoms with Gasteiger partial charge in [-0.05, 0) is 36.8 Å². The minimum Gasteiger partial charge on any atom is -0.351 e. The highest BCUT2D eigenvalue weighted by Crippen LogP contribution is 2.22. The smallest absolute Gasteiger partial charge is 0.227 e. The highest BCUT2D eigenvalue weighted by molar-refractivity contribution is 7.98. The maximum absolute atomic E-state index is 12.6. The molecule has 5 heteroatoms. The third-order valence-corrected chi connectivity index (χ3v) is 5.31. The van der Waals surface area contributed by atoms with Gasteiger partial charge in [-0.25, -0.2) is 0 Å². The number of fused-ring (bicyclic) bond motifs is 3. The number of hydrogen-bond donors (Lipinski definition) is 1. The topological polar surface area (TPSA) is 49.4 Å². The second-order valence-electron chi connectivity index (χ2n) is 6.16. The van der Waals surface area contributed by atoms with E-state index in [2.05, 4.69) is 17.4 Å². The van der Waals surface area contributed by atoms with Gasteiger partial charge in [0.2, 0.25) is 11.8 Å². The molecule has 0 spiro atoms. The molecule has 2 aliphatic heterocycles. The summed E-state index contributed by atoms with van der Waals surface area (Å²) in [6.45, 7) is 1.23. The fourth-order valence-electron chi connectivity index (χ4n) is 3.28. The van der Waals surface area contributed by atoms with Gasteiger partial charge >= 0.3 is 0 Å². The summed E-state index contributed by atoms with van der Waals surface area (Å²) in [6, 6.07) is 8.27. The van der Waals surface area contributed by atoms with Crippen molar-refractivity contribution in [3.63, 3.8) is 0 Å². The summed E-state index contributed by atoms with van der Waals surface area (Å²) in [4.78, 5) is 27.7. The molecule has 2 bridgehead atoms. The fourth-order valence-corrected chi connectivity index (χ4v) is 3.69. The van der Waals surface area contributed by atoms with E-state index in [4.69, 9.17) is 0 Å². The molecule has 4 nitrogen and oxygen atoms in total. The molecule has 0 radical (unpaired) electrons. The van der Waals surface area contributed by atoms with Crippen molar-refractivity contribution in [2.75, 3.05) is 19.3 Å². The van der Waals surface area contributed by atoms with Crippen LogP contribution in [-0.2, 0) is 16.0 Å². The van der Waals surface area contributed by atoms with Crippen molar-refractivity contribution in [1.29, 1.82) is 0 Å². The maximum Gasteiger partial charge on any atom is 0.227 e. The van der Waals surface area contributed by atoms with Crippen molar-refractivity contribution < 1.29 is 9.59 Å². The average Bonchev–Trinajstić information content (AvgIpc) is 2.76. The van der Waals surface area contributed by atoms with E-state index in [1.165, 1.54) is 4.90 Å². The first-order chi connectivity index (χ1) is 10.7. The quantitative estimate of drug-likeness (QED) is 0.868. The Morgan fingerprint density at radius 3 is 2.77 bits per heavy atom. The van der Waals surface area contributed by atoms with Crippen molar-refractivity contribution >= 4 is 23.6 Å². The largest absolute Gasteiger partial charge is 0.351 e. The molecule has 3 rings (SSSR count). The molecule has 2 atom stereocenters. The zero-order chi connectivity index (χ0) is 15.5. The van der Waals surface area contributed by atoms with Crippen LogP contribution in [0.15, 0.2) is 29.2 Å². The predicted octanol–water partition coefficient (Wildman–Crippen LogP) is 2.08. The molecular weight excluding hydrogens is 296 g/mol. The van der Waals surface area contributed by atoms with Gasteiger partial charge in [-0.15, -0.1) is 11.8 Å². The summed E-state index contributed by atoms with van der Waals surface area (Å²) in [5.41, 5.74) is 1.04. The molecule has 0 aromatic heterocycles. The Balaban J connectivity index is 1.67. The lowest BCUT2D eigenvalue weighted by molar-refractivity contribution is -0.131. The van der Waals surface area contributed by atoms with Crippen molar-refractivity contribution in [3.05, 3.63) is 29.8 Å². The third kappa shape index (κ3) is 3.46. The van der Waals surface area contributed by atoms with Gasteiger partial charge in [0.1, 0.15) is 0 Å². The lowest BCUT2D eigenvalue weighted by Crippen LogP contribution is -2.42. The van der Waals surface area contributed by atoms with E-state index in [-0.39, 0.29) is 23.8 Å². The van der Waals surface area contributed by atoms with Gasteiger partial charge in [-0.3, -0.25) is 9.59 Å². The number of benzene rings is 1. The number of hydrogen-bond acceptors (Lipinski definition) is 3. The lowest BCUT2D eigenvalue weighted by Gasteiger charge is -2.27. The summed E-state index contributed by atoms with van der Waals surface area (Å²) in [7, 11) is 0. The van der Waals surface area contributed by atoms with Crippen LogP contribution in [0.25, 0.3) is 0 Å². The first kappa shape index (κ1) is 15.4. The summed E-state index contributed by atoms with van der Waals surface area (Å²) in [5, 5.41) is 3.07. The second kappa shape index (κ2) is 6.73.